The number of hydrazone groups is 1. The maximum Gasteiger partial charge on any atom is 0.336 e. The number of Topliss-reactive ketones (excluding diaryl/α,β-unsaturated/α-hetero) is 1. The van der Waals surface area contributed by atoms with Crippen LogP contribution in [0.2, 0.25) is 0 Å². The van der Waals surface area contributed by atoms with E-state index in [0.717, 1.165) is 0 Å². The van der Waals surface area contributed by atoms with Crippen LogP contribution in [0.25, 0.3) is 11.0 Å². The minimum Gasteiger partial charge on any atom is -0.480 e. The smallest absolute Gasteiger partial charge is 0.336 e. The fourth-order valence-electron chi connectivity index (χ4n) is 2.58. The van der Waals surface area contributed by atoms with Crippen molar-refractivity contribution in [3.8, 4) is 5.75 Å². The molecular formula is C15H14N2O4. The van der Waals surface area contributed by atoms with Crippen molar-refractivity contribution >= 4 is 23.0 Å². The first kappa shape index (κ1) is 13.4. The van der Waals surface area contributed by atoms with Gasteiger partial charge in [-0.1, -0.05) is 0 Å². The molecule has 0 fully saturated rings. The minimum absolute atomic E-state index is 0.191. The quantitative estimate of drug-likeness (QED) is 0.371. The fraction of sp³-hybridized carbons (Fsp3) is 0.267. The summed E-state index contributed by atoms with van der Waals surface area (Å²) in [5, 5.41) is 4.19. The molecule has 0 aliphatic carbocycles. The van der Waals surface area contributed by atoms with Crippen LogP contribution in [0.4, 0.5) is 0 Å². The summed E-state index contributed by atoms with van der Waals surface area (Å²) in [7, 11) is 0. The molecule has 21 heavy (non-hydrogen) atoms. The lowest BCUT2D eigenvalue weighted by molar-refractivity contribution is -0.133. The molecule has 2 heterocycles. The largest absolute Gasteiger partial charge is 0.480 e. The molecule has 108 valence electrons. The van der Waals surface area contributed by atoms with Crippen molar-refractivity contribution in [1.82, 2.24) is 0 Å². The standard InChI is InChI=1S/C15H14N2O4/c1-15(2)14(19)9(7-17-16)12-10(21-15)5-3-8-4-6-11(18)20-13(8)12/h3-7,9H,16H2,1-2H3. The van der Waals surface area contributed by atoms with Crippen molar-refractivity contribution in [2.45, 2.75) is 25.4 Å². The van der Waals surface area contributed by atoms with Gasteiger partial charge >= 0.3 is 5.63 Å². The van der Waals surface area contributed by atoms with Crippen LogP contribution in [0.3, 0.4) is 0 Å². The van der Waals surface area contributed by atoms with E-state index in [2.05, 4.69) is 5.10 Å². The fourth-order valence-corrected chi connectivity index (χ4v) is 2.58. The Morgan fingerprint density at radius 2 is 1.95 bits per heavy atom. The third-order valence-corrected chi connectivity index (χ3v) is 3.58. The van der Waals surface area contributed by atoms with Crippen molar-refractivity contribution in [2.75, 3.05) is 0 Å². The van der Waals surface area contributed by atoms with Gasteiger partial charge in [0.15, 0.2) is 11.4 Å². The van der Waals surface area contributed by atoms with Gasteiger partial charge in [-0.05, 0) is 32.0 Å². The molecule has 6 heteroatoms. The lowest BCUT2D eigenvalue weighted by atomic mass is 9.83. The highest BCUT2D eigenvalue weighted by atomic mass is 16.5. The summed E-state index contributed by atoms with van der Waals surface area (Å²) in [6.45, 7) is 3.36. The molecule has 2 aromatic rings. The van der Waals surface area contributed by atoms with Crippen LogP contribution < -0.4 is 16.2 Å². The molecule has 1 aliphatic heterocycles. The van der Waals surface area contributed by atoms with Gasteiger partial charge in [0.2, 0.25) is 0 Å². The van der Waals surface area contributed by atoms with Crippen LogP contribution >= 0.6 is 0 Å². The van der Waals surface area contributed by atoms with Crippen LogP contribution in [0.5, 0.6) is 5.75 Å². The third-order valence-electron chi connectivity index (χ3n) is 3.58. The van der Waals surface area contributed by atoms with Crippen LogP contribution in [0.15, 0.2) is 38.6 Å². The predicted molar refractivity (Wildman–Crippen MR) is 77.6 cm³/mol. The summed E-state index contributed by atoms with van der Waals surface area (Å²) in [6.07, 6.45) is 1.35. The number of fused-ring (bicyclic) bond motifs is 3. The highest BCUT2D eigenvalue weighted by Gasteiger charge is 2.43. The number of ketones is 1. The van der Waals surface area contributed by atoms with Crippen LogP contribution in [-0.4, -0.2) is 17.6 Å². The van der Waals surface area contributed by atoms with Crippen molar-refractivity contribution in [2.24, 2.45) is 10.9 Å². The van der Waals surface area contributed by atoms with Crippen LogP contribution in [0, 0.1) is 0 Å². The number of carbonyl (C=O) groups excluding carboxylic acids is 1. The molecule has 0 radical (unpaired) electrons. The number of benzene rings is 1. The van der Waals surface area contributed by atoms with E-state index >= 15 is 0 Å². The summed E-state index contributed by atoms with van der Waals surface area (Å²) in [4.78, 5) is 24.0. The number of hydrogen-bond acceptors (Lipinski definition) is 6. The van der Waals surface area contributed by atoms with Crippen molar-refractivity contribution in [3.05, 3.63) is 40.2 Å². The Morgan fingerprint density at radius 3 is 2.67 bits per heavy atom. The second-order valence-electron chi connectivity index (χ2n) is 5.40. The zero-order chi connectivity index (χ0) is 15.2. The van der Waals surface area contributed by atoms with Gasteiger partial charge in [0.1, 0.15) is 11.3 Å². The molecule has 0 bridgehead atoms. The first-order valence-electron chi connectivity index (χ1n) is 6.47. The zero-order valence-corrected chi connectivity index (χ0v) is 11.6. The van der Waals surface area contributed by atoms with E-state index in [9.17, 15) is 9.59 Å². The lowest BCUT2D eigenvalue weighted by Crippen LogP contribution is -2.45. The van der Waals surface area contributed by atoms with E-state index in [1.807, 2.05) is 0 Å². The molecule has 6 nitrogen and oxygen atoms in total. The number of rotatable bonds is 1. The molecule has 0 amide bonds. The zero-order valence-electron chi connectivity index (χ0n) is 11.6. The van der Waals surface area contributed by atoms with Gasteiger partial charge in [0.25, 0.3) is 0 Å². The number of carbonyl (C=O) groups is 1. The maximum atomic E-state index is 12.5. The van der Waals surface area contributed by atoms with Gasteiger partial charge in [-0.15, -0.1) is 0 Å². The first-order chi connectivity index (χ1) is 9.94. The Balaban J connectivity index is 2.38. The van der Waals surface area contributed by atoms with Gasteiger partial charge in [-0.2, -0.15) is 5.10 Å². The van der Waals surface area contributed by atoms with E-state index in [-0.39, 0.29) is 5.78 Å². The molecular weight excluding hydrogens is 272 g/mol. The summed E-state index contributed by atoms with van der Waals surface area (Å²) >= 11 is 0. The molecule has 0 spiro atoms. The molecule has 2 N–H and O–H groups in total. The monoisotopic (exact) mass is 286 g/mol. The summed E-state index contributed by atoms with van der Waals surface area (Å²) in [5.74, 6) is 4.82. The third kappa shape index (κ3) is 1.99. The number of nitrogens with two attached hydrogens (primary N) is 1. The Kier molecular flexibility index (Phi) is 2.83. The topological polar surface area (TPSA) is 94.9 Å². The van der Waals surface area contributed by atoms with Crippen molar-refractivity contribution in [3.63, 3.8) is 0 Å². The second kappa shape index (κ2) is 4.44. The van der Waals surface area contributed by atoms with Gasteiger partial charge in [0.05, 0.1) is 11.5 Å². The van der Waals surface area contributed by atoms with Crippen molar-refractivity contribution < 1.29 is 13.9 Å². The van der Waals surface area contributed by atoms with E-state index in [0.29, 0.717) is 22.3 Å². The molecule has 1 aliphatic rings. The molecule has 1 aromatic heterocycles. The maximum absolute atomic E-state index is 12.5. The number of ether oxygens (including phenoxy) is 1. The molecule has 0 saturated heterocycles. The molecule has 1 unspecified atom stereocenters. The normalized spacial score (nSPS) is 20.5. The molecule has 0 saturated carbocycles. The summed E-state index contributed by atoms with van der Waals surface area (Å²) in [6, 6.07) is 6.50. The lowest BCUT2D eigenvalue weighted by Gasteiger charge is -2.34. The Labute approximate surface area is 120 Å². The molecule has 3 rings (SSSR count). The van der Waals surface area contributed by atoms with E-state index in [4.69, 9.17) is 15.0 Å². The van der Waals surface area contributed by atoms with Crippen LogP contribution in [0.1, 0.15) is 25.3 Å². The molecule has 1 aromatic carbocycles. The van der Waals surface area contributed by atoms with Gasteiger partial charge in [-0.3, -0.25) is 4.79 Å². The van der Waals surface area contributed by atoms with Gasteiger partial charge in [-0.25, -0.2) is 4.79 Å². The number of nitrogens with zero attached hydrogens (tertiary/aromatic N) is 1. The SMILES string of the molecule is CC1(C)Oc2ccc3ccc(=O)oc3c2C(C=NN)C1=O. The number of hydrogen-bond donors (Lipinski definition) is 1. The predicted octanol–water partition coefficient (Wildman–Crippen LogP) is 1.56. The average molecular weight is 286 g/mol. The molecule has 1 atom stereocenters. The highest BCUT2D eigenvalue weighted by molar-refractivity contribution is 6.09. The van der Waals surface area contributed by atoms with Crippen molar-refractivity contribution in [1.29, 1.82) is 0 Å². The average Bonchev–Trinajstić information content (AvgIpc) is 2.43. The van der Waals surface area contributed by atoms with Gasteiger partial charge < -0.3 is 15.0 Å². The Morgan fingerprint density at radius 1 is 1.24 bits per heavy atom. The van der Waals surface area contributed by atoms with E-state index in [1.54, 1.807) is 32.0 Å². The summed E-state index contributed by atoms with van der Waals surface area (Å²) in [5.41, 5.74) is -0.671. The van der Waals surface area contributed by atoms with E-state index in [1.165, 1.54) is 12.3 Å². The Hall–Kier alpha value is -2.63. The second-order valence-corrected chi connectivity index (χ2v) is 5.40. The van der Waals surface area contributed by atoms with Crippen LogP contribution in [-0.2, 0) is 4.79 Å². The minimum atomic E-state index is -0.998. The summed E-state index contributed by atoms with van der Waals surface area (Å²) < 4.78 is 11.0. The van der Waals surface area contributed by atoms with E-state index < -0.39 is 17.1 Å². The Bertz CT molecular complexity index is 820. The van der Waals surface area contributed by atoms with Gasteiger partial charge in [0, 0.05) is 17.7 Å². The highest BCUT2D eigenvalue weighted by Crippen LogP contribution is 2.41. The first-order valence-corrected chi connectivity index (χ1v) is 6.47.